The molecule has 0 saturated heterocycles. The monoisotopic (exact) mass is 353 g/mol. The van der Waals surface area contributed by atoms with Crippen LogP contribution in [0.4, 0.5) is 5.69 Å². The summed E-state index contributed by atoms with van der Waals surface area (Å²) in [5.74, 6) is -0.212. The van der Waals surface area contributed by atoms with Crippen molar-refractivity contribution in [2.75, 3.05) is 5.32 Å². The molecule has 2 aromatic heterocycles. The molecule has 1 amide bonds. The molecule has 2 heterocycles. The van der Waals surface area contributed by atoms with Gasteiger partial charge in [0.1, 0.15) is 5.15 Å². The zero-order valence-corrected chi connectivity index (χ0v) is 14.3. The van der Waals surface area contributed by atoms with E-state index in [4.69, 9.17) is 11.6 Å². The minimum Gasteiger partial charge on any atom is -0.322 e. The maximum absolute atomic E-state index is 12.7. The molecule has 0 aliphatic heterocycles. The second-order valence-electron chi connectivity index (χ2n) is 5.38. The number of fused-ring (bicyclic) bond motifs is 2. The van der Waals surface area contributed by atoms with E-state index in [1.165, 1.54) is 0 Å². The Bertz CT molecular complexity index is 1090. The van der Waals surface area contributed by atoms with E-state index in [1.807, 2.05) is 49.4 Å². The van der Waals surface area contributed by atoms with Gasteiger partial charge in [0, 0.05) is 11.1 Å². The van der Waals surface area contributed by atoms with Gasteiger partial charge in [-0.2, -0.15) is 0 Å². The molecule has 0 saturated carbocycles. The summed E-state index contributed by atoms with van der Waals surface area (Å²) in [5.41, 5.74) is 2.87. The number of anilines is 1. The van der Waals surface area contributed by atoms with Gasteiger partial charge in [0.05, 0.1) is 26.3 Å². The number of carbonyl (C=O) groups is 1. The minimum atomic E-state index is -0.212. The summed E-state index contributed by atoms with van der Waals surface area (Å²) in [6.07, 6.45) is 0. The molecule has 0 aliphatic rings. The second kappa shape index (κ2) is 5.85. The number of aromatic nitrogens is 2. The van der Waals surface area contributed by atoms with Crippen molar-refractivity contribution in [3.05, 3.63) is 64.3 Å². The van der Waals surface area contributed by atoms with Crippen molar-refractivity contribution in [3.63, 3.8) is 0 Å². The zero-order chi connectivity index (χ0) is 16.7. The lowest BCUT2D eigenvalue weighted by Gasteiger charge is -2.08. The first-order chi connectivity index (χ1) is 11.6. The Kier molecular flexibility index (Phi) is 3.67. The molecule has 6 heteroatoms. The summed E-state index contributed by atoms with van der Waals surface area (Å²) in [6, 6.07) is 14.7. The highest BCUT2D eigenvalue weighted by molar-refractivity contribution is 7.18. The first-order valence-electron chi connectivity index (χ1n) is 7.34. The maximum atomic E-state index is 12.7. The van der Waals surface area contributed by atoms with E-state index < -0.39 is 0 Å². The fraction of sp³-hybridized carbons (Fsp3) is 0.0556. The van der Waals surface area contributed by atoms with Gasteiger partial charge in [0.2, 0.25) is 0 Å². The number of hydrogen-bond donors (Lipinski definition) is 1. The Balaban J connectivity index is 1.73. The number of amides is 1. The summed E-state index contributed by atoms with van der Waals surface area (Å²) < 4.78 is 1.04. The van der Waals surface area contributed by atoms with Gasteiger partial charge in [0.25, 0.3) is 5.91 Å². The zero-order valence-electron chi connectivity index (χ0n) is 12.7. The topological polar surface area (TPSA) is 54.9 Å². The third kappa shape index (κ3) is 2.72. The van der Waals surface area contributed by atoms with Gasteiger partial charge in [0.15, 0.2) is 0 Å². The van der Waals surface area contributed by atoms with E-state index in [0.717, 1.165) is 26.3 Å². The highest BCUT2D eigenvalue weighted by Gasteiger charge is 2.13. The number of benzene rings is 2. The van der Waals surface area contributed by atoms with Crippen LogP contribution in [0.15, 0.2) is 48.5 Å². The van der Waals surface area contributed by atoms with Crippen LogP contribution in [0.2, 0.25) is 5.15 Å². The van der Waals surface area contributed by atoms with E-state index in [-0.39, 0.29) is 5.91 Å². The van der Waals surface area contributed by atoms with Crippen molar-refractivity contribution in [1.29, 1.82) is 0 Å². The molecule has 1 N–H and O–H groups in total. The average Bonchev–Trinajstić information content (AvgIpc) is 2.93. The fourth-order valence-corrected chi connectivity index (χ4v) is 3.71. The molecule has 0 atom stereocenters. The van der Waals surface area contributed by atoms with Crippen molar-refractivity contribution < 1.29 is 4.79 Å². The number of rotatable bonds is 2. The molecule has 0 unspecified atom stereocenters. The van der Waals surface area contributed by atoms with Crippen LogP contribution >= 0.6 is 22.9 Å². The van der Waals surface area contributed by atoms with E-state index >= 15 is 0 Å². The predicted molar refractivity (Wildman–Crippen MR) is 99.1 cm³/mol. The molecule has 4 nitrogen and oxygen atoms in total. The van der Waals surface area contributed by atoms with Crippen LogP contribution in [0.5, 0.6) is 0 Å². The van der Waals surface area contributed by atoms with Gasteiger partial charge in [-0.25, -0.2) is 9.97 Å². The Labute approximate surface area is 147 Å². The molecule has 4 rings (SSSR count). The number of para-hydroxylation sites is 1. The van der Waals surface area contributed by atoms with E-state index in [2.05, 4.69) is 15.3 Å². The van der Waals surface area contributed by atoms with E-state index in [0.29, 0.717) is 16.2 Å². The maximum Gasteiger partial charge on any atom is 0.256 e. The quantitative estimate of drug-likeness (QED) is 0.512. The van der Waals surface area contributed by atoms with Gasteiger partial charge in [-0.1, -0.05) is 29.8 Å². The fourth-order valence-electron chi connectivity index (χ4n) is 2.65. The number of thiazole rings is 1. The van der Waals surface area contributed by atoms with Crippen LogP contribution in [-0.4, -0.2) is 15.9 Å². The number of halogens is 1. The van der Waals surface area contributed by atoms with Crippen molar-refractivity contribution in [1.82, 2.24) is 9.97 Å². The Morgan fingerprint density at radius 3 is 2.79 bits per heavy atom. The van der Waals surface area contributed by atoms with Gasteiger partial charge in [-0.3, -0.25) is 4.79 Å². The molecule has 24 heavy (non-hydrogen) atoms. The SMILES string of the molecule is Cc1nc2ccc(NC(=O)c3cc(Cl)nc4ccccc34)cc2s1. The predicted octanol–water partition coefficient (Wildman–Crippen LogP) is 5.06. The molecule has 0 fully saturated rings. The number of nitrogens with zero attached hydrogens (tertiary/aromatic N) is 2. The molecular weight excluding hydrogens is 342 g/mol. The van der Waals surface area contributed by atoms with Gasteiger partial charge in [-0.15, -0.1) is 11.3 Å². The van der Waals surface area contributed by atoms with Crippen LogP contribution in [0, 0.1) is 6.92 Å². The average molecular weight is 354 g/mol. The number of pyridine rings is 1. The normalized spacial score (nSPS) is 11.1. The lowest BCUT2D eigenvalue weighted by Crippen LogP contribution is -2.12. The number of carbonyl (C=O) groups excluding carboxylic acids is 1. The summed E-state index contributed by atoms with van der Waals surface area (Å²) in [5, 5.41) is 5.00. The van der Waals surface area contributed by atoms with E-state index in [9.17, 15) is 4.79 Å². The first-order valence-corrected chi connectivity index (χ1v) is 8.53. The smallest absolute Gasteiger partial charge is 0.256 e. The van der Waals surface area contributed by atoms with Gasteiger partial charge < -0.3 is 5.32 Å². The van der Waals surface area contributed by atoms with Gasteiger partial charge >= 0.3 is 0 Å². The molecule has 0 bridgehead atoms. The highest BCUT2D eigenvalue weighted by Crippen LogP contribution is 2.26. The lowest BCUT2D eigenvalue weighted by molar-refractivity contribution is 0.102. The highest BCUT2D eigenvalue weighted by atomic mass is 35.5. The lowest BCUT2D eigenvalue weighted by atomic mass is 10.1. The molecule has 0 radical (unpaired) electrons. The van der Waals surface area contributed by atoms with E-state index in [1.54, 1.807) is 17.4 Å². The number of aryl methyl sites for hydroxylation is 1. The molecular formula is C18H12ClN3OS. The third-order valence-corrected chi connectivity index (χ3v) is 4.81. The summed E-state index contributed by atoms with van der Waals surface area (Å²) >= 11 is 7.65. The Hall–Kier alpha value is -2.50. The van der Waals surface area contributed by atoms with Crippen molar-refractivity contribution in [2.24, 2.45) is 0 Å². The van der Waals surface area contributed by atoms with Crippen LogP contribution in [0.3, 0.4) is 0 Å². The first kappa shape index (κ1) is 15.1. The van der Waals surface area contributed by atoms with Crippen LogP contribution in [-0.2, 0) is 0 Å². The summed E-state index contributed by atoms with van der Waals surface area (Å²) in [7, 11) is 0. The van der Waals surface area contributed by atoms with Crippen LogP contribution in [0.1, 0.15) is 15.4 Å². The molecule has 0 spiro atoms. The molecule has 4 aromatic rings. The minimum absolute atomic E-state index is 0.212. The summed E-state index contributed by atoms with van der Waals surface area (Å²) in [4.78, 5) is 21.4. The number of hydrogen-bond acceptors (Lipinski definition) is 4. The van der Waals surface area contributed by atoms with Crippen molar-refractivity contribution in [3.8, 4) is 0 Å². The third-order valence-electron chi connectivity index (χ3n) is 3.68. The van der Waals surface area contributed by atoms with Crippen LogP contribution in [0.25, 0.3) is 21.1 Å². The summed E-state index contributed by atoms with van der Waals surface area (Å²) in [6.45, 7) is 1.97. The molecule has 118 valence electrons. The Morgan fingerprint density at radius 1 is 1.08 bits per heavy atom. The second-order valence-corrected chi connectivity index (χ2v) is 7.00. The number of nitrogens with one attached hydrogen (secondary N) is 1. The molecule has 0 aliphatic carbocycles. The van der Waals surface area contributed by atoms with Crippen LogP contribution < -0.4 is 5.32 Å². The molecule has 2 aromatic carbocycles. The van der Waals surface area contributed by atoms with Gasteiger partial charge in [-0.05, 0) is 37.3 Å². The Morgan fingerprint density at radius 2 is 1.92 bits per heavy atom. The van der Waals surface area contributed by atoms with Crippen molar-refractivity contribution in [2.45, 2.75) is 6.92 Å². The standard InChI is InChI=1S/C18H12ClN3OS/c1-10-20-15-7-6-11(8-16(15)24-10)21-18(23)13-9-17(19)22-14-5-3-2-4-12(13)14/h2-9H,1H3,(H,21,23). The van der Waals surface area contributed by atoms with Crippen molar-refractivity contribution >= 4 is 55.7 Å². The largest absolute Gasteiger partial charge is 0.322 e.